The summed E-state index contributed by atoms with van der Waals surface area (Å²) < 4.78 is 0. The first-order valence-electron chi connectivity index (χ1n) is 6.27. The normalized spacial score (nSPS) is 13.9. The third kappa shape index (κ3) is 6.07. The van der Waals surface area contributed by atoms with Crippen molar-refractivity contribution < 1.29 is 9.90 Å². The zero-order valence-corrected chi connectivity index (χ0v) is 11.6. The Kier molecular flexibility index (Phi) is 6.83. The third-order valence-corrected chi connectivity index (χ3v) is 3.09. The van der Waals surface area contributed by atoms with E-state index < -0.39 is 0 Å². The van der Waals surface area contributed by atoms with Crippen LogP contribution in [0.4, 0.5) is 0 Å². The van der Waals surface area contributed by atoms with Crippen molar-refractivity contribution >= 4 is 18.5 Å². The smallest absolute Gasteiger partial charge is 0.233 e. The van der Waals surface area contributed by atoms with E-state index in [-0.39, 0.29) is 17.3 Å². The standard InChI is InChI=1S/C14H21NO2S/c1-11(16)6-5-9-15-14(17)13(18)10-12-7-3-2-4-8-12/h2-4,7-8,11,13,16,18H,5-6,9-10H2,1H3,(H,15,17). The van der Waals surface area contributed by atoms with E-state index in [4.69, 9.17) is 5.11 Å². The Bertz CT molecular complexity index is 354. The van der Waals surface area contributed by atoms with Crippen LogP contribution in [0.5, 0.6) is 0 Å². The van der Waals surface area contributed by atoms with E-state index in [2.05, 4.69) is 17.9 Å². The number of rotatable bonds is 7. The molecule has 4 heteroatoms. The van der Waals surface area contributed by atoms with Gasteiger partial charge in [-0.2, -0.15) is 12.6 Å². The zero-order valence-electron chi connectivity index (χ0n) is 10.7. The molecule has 0 saturated carbocycles. The average molecular weight is 267 g/mol. The molecule has 0 radical (unpaired) electrons. The number of hydrogen-bond donors (Lipinski definition) is 3. The Hall–Kier alpha value is -1.00. The molecular weight excluding hydrogens is 246 g/mol. The number of hydrogen-bond acceptors (Lipinski definition) is 3. The largest absolute Gasteiger partial charge is 0.393 e. The van der Waals surface area contributed by atoms with Crippen LogP contribution >= 0.6 is 12.6 Å². The topological polar surface area (TPSA) is 49.3 Å². The fraction of sp³-hybridized carbons (Fsp3) is 0.500. The van der Waals surface area contributed by atoms with Crippen LogP contribution in [0.25, 0.3) is 0 Å². The van der Waals surface area contributed by atoms with Gasteiger partial charge in [-0.15, -0.1) is 0 Å². The van der Waals surface area contributed by atoms with E-state index in [1.54, 1.807) is 6.92 Å². The van der Waals surface area contributed by atoms with Gasteiger partial charge in [0, 0.05) is 6.54 Å². The molecule has 2 N–H and O–H groups in total. The SMILES string of the molecule is CC(O)CCCNC(=O)C(S)Cc1ccccc1. The molecule has 1 rings (SSSR count). The summed E-state index contributed by atoms with van der Waals surface area (Å²) in [5.74, 6) is -0.0484. The van der Waals surface area contributed by atoms with E-state index in [0.717, 1.165) is 12.0 Å². The van der Waals surface area contributed by atoms with Crippen LogP contribution in [0.3, 0.4) is 0 Å². The lowest BCUT2D eigenvalue weighted by molar-refractivity contribution is -0.120. The molecule has 0 heterocycles. The Morgan fingerprint density at radius 3 is 2.67 bits per heavy atom. The van der Waals surface area contributed by atoms with Gasteiger partial charge in [-0.05, 0) is 31.7 Å². The lowest BCUT2D eigenvalue weighted by atomic mass is 10.1. The summed E-state index contributed by atoms with van der Waals surface area (Å²) in [5, 5.41) is 11.6. The minimum atomic E-state index is -0.320. The first-order valence-corrected chi connectivity index (χ1v) is 6.79. The number of nitrogens with one attached hydrogen (secondary N) is 1. The summed E-state index contributed by atoms with van der Waals surface area (Å²) in [7, 11) is 0. The molecule has 1 amide bonds. The monoisotopic (exact) mass is 267 g/mol. The first-order chi connectivity index (χ1) is 8.59. The average Bonchev–Trinajstić information content (AvgIpc) is 2.35. The molecule has 0 aliphatic rings. The number of amides is 1. The second-order valence-corrected chi connectivity index (χ2v) is 5.11. The van der Waals surface area contributed by atoms with Gasteiger partial charge in [-0.3, -0.25) is 4.79 Å². The van der Waals surface area contributed by atoms with Crippen LogP contribution in [-0.2, 0) is 11.2 Å². The van der Waals surface area contributed by atoms with Crippen molar-refractivity contribution in [1.82, 2.24) is 5.32 Å². The quantitative estimate of drug-likeness (QED) is 0.521. The Morgan fingerprint density at radius 2 is 2.06 bits per heavy atom. The molecule has 0 aliphatic carbocycles. The third-order valence-electron chi connectivity index (χ3n) is 2.67. The van der Waals surface area contributed by atoms with Crippen LogP contribution in [0.2, 0.25) is 0 Å². The summed E-state index contributed by atoms with van der Waals surface area (Å²) in [5.41, 5.74) is 1.11. The molecule has 3 nitrogen and oxygen atoms in total. The number of carbonyl (C=O) groups is 1. The van der Waals surface area contributed by atoms with Crippen LogP contribution in [-0.4, -0.2) is 28.9 Å². The van der Waals surface area contributed by atoms with Crippen molar-refractivity contribution in [2.24, 2.45) is 0 Å². The Labute approximate surface area is 114 Å². The maximum atomic E-state index is 11.7. The fourth-order valence-electron chi connectivity index (χ4n) is 1.66. The number of aliphatic hydroxyl groups excluding tert-OH is 1. The lowest BCUT2D eigenvalue weighted by Crippen LogP contribution is -2.33. The Morgan fingerprint density at radius 1 is 1.39 bits per heavy atom. The second-order valence-electron chi connectivity index (χ2n) is 4.49. The van der Waals surface area contributed by atoms with Crippen molar-refractivity contribution in [3.8, 4) is 0 Å². The molecule has 0 aliphatic heterocycles. The molecule has 100 valence electrons. The summed E-state index contributed by atoms with van der Waals surface area (Å²) in [6.45, 7) is 2.34. The van der Waals surface area contributed by atoms with E-state index >= 15 is 0 Å². The molecule has 18 heavy (non-hydrogen) atoms. The van der Waals surface area contributed by atoms with Gasteiger partial charge in [0.15, 0.2) is 0 Å². The molecule has 0 bridgehead atoms. The lowest BCUT2D eigenvalue weighted by Gasteiger charge is -2.12. The van der Waals surface area contributed by atoms with Gasteiger partial charge in [-0.25, -0.2) is 0 Å². The highest BCUT2D eigenvalue weighted by Gasteiger charge is 2.13. The minimum Gasteiger partial charge on any atom is -0.393 e. The summed E-state index contributed by atoms with van der Waals surface area (Å²) in [4.78, 5) is 11.7. The molecule has 0 spiro atoms. The predicted molar refractivity (Wildman–Crippen MR) is 76.8 cm³/mol. The van der Waals surface area contributed by atoms with Gasteiger partial charge in [0.05, 0.1) is 11.4 Å². The van der Waals surface area contributed by atoms with E-state index in [1.165, 1.54) is 0 Å². The van der Waals surface area contributed by atoms with Crippen molar-refractivity contribution in [2.75, 3.05) is 6.54 Å². The molecule has 0 saturated heterocycles. The van der Waals surface area contributed by atoms with Crippen molar-refractivity contribution in [1.29, 1.82) is 0 Å². The number of aliphatic hydroxyl groups is 1. The zero-order chi connectivity index (χ0) is 13.4. The molecular formula is C14H21NO2S. The molecule has 1 aromatic rings. The van der Waals surface area contributed by atoms with Gasteiger partial charge in [0.1, 0.15) is 0 Å². The predicted octanol–water partition coefficient (Wildman–Crippen LogP) is 1.80. The molecule has 1 aromatic carbocycles. The van der Waals surface area contributed by atoms with E-state index in [0.29, 0.717) is 19.4 Å². The van der Waals surface area contributed by atoms with Crippen LogP contribution in [0, 0.1) is 0 Å². The van der Waals surface area contributed by atoms with Gasteiger partial charge in [0.25, 0.3) is 0 Å². The number of thiol groups is 1. The second kappa shape index (κ2) is 8.16. The first kappa shape index (κ1) is 15.1. The van der Waals surface area contributed by atoms with Crippen molar-refractivity contribution in [2.45, 2.75) is 37.5 Å². The number of carbonyl (C=O) groups excluding carboxylic acids is 1. The van der Waals surface area contributed by atoms with E-state index in [1.807, 2.05) is 30.3 Å². The highest BCUT2D eigenvalue weighted by atomic mass is 32.1. The van der Waals surface area contributed by atoms with E-state index in [9.17, 15) is 4.79 Å². The van der Waals surface area contributed by atoms with Gasteiger partial charge in [0.2, 0.25) is 5.91 Å². The number of benzene rings is 1. The van der Waals surface area contributed by atoms with Crippen LogP contribution in [0.1, 0.15) is 25.3 Å². The maximum Gasteiger partial charge on any atom is 0.233 e. The summed E-state index contributed by atoms with van der Waals surface area (Å²) >= 11 is 4.32. The van der Waals surface area contributed by atoms with Gasteiger partial charge >= 0.3 is 0 Å². The Balaban J connectivity index is 2.25. The summed E-state index contributed by atoms with van der Waals surface area (Å²) in [6, 6.07) is 9.84. The van der Waals surface area contributed by atoms with Crippen LogP contribution < -0.4 is 5.32 Å². The minimum absolute atomic E-state index is 0.0484. The molecule has 0 aromatic heterocycles. The van der Waals surface area contributed by atoms with Crippen LogP contribution in [0.15, 0.2) is 30.3 Å². The van der Waals surface area contributed by atoms with Gasteiger partial charge in [-0.1, -0.05) is 30.3 Å². The van der Waals surface area contributed by atoms with Crippen molar-refractivity contribution in [3.63, 3.8) is 0 Å². The highest BCUT2D eigenvalue weighted by molar-refractivity contribution is 7.81. The molecule has 2 atom stereocenters. The molecule has 0 fully saturated rings. The molecule has 2 unspecified atom stereocenters. The van der Waals surface area contributed by atoms with Gasteiger partial charge < -0.3 is 10.4 Å². The van der Waals surface area contributed by atoms with Crippen molar-refractivity contribution in [3.05, 3.63) is 35.9 Å². The maximum absolute atomic E-state index is 11.7. The highest BCUT2D eigenvalue weighted by Crippen LogP contribution is 2.07. The summed E-state index contributed by atoms with van der Waals surface area (Å²) in [6.07, 6.45) is 1.82. The fourth-order valence-corrected chi connectivity index (χ4v) is 1.96.